The van der Waals surface area contributed by atoms with Crippen molar-refractivity contribution in [2.75, 3.05) is 13.6 Å². The lowest BCUT2D eigenvalue weighted by molar-refractivity contribution is -0.133. The third kappa shape index (κ3) is 3.29. The lowest BCUT2D eigenvalue weighted by Crippen LogP contribution is -2.43. The van der Waals surface area contributed by atoms with Crippen molar-refractivity contribution in [3.63, 3.8) is 0 Å². The van der Waals surface area contributed by atoms with Crippen LogP contribution in [0.25, 0.3) is 10.9 Å². The molecule has 5 heteroatoms. The number of amides is 1. The molecule has 1 aromatic carbocycles. The Kier molecular flexibility index (Phi) is 4.22. The first-order valence-corrected chi connectivity index (χ1v) is 8.03. The average molecular weight is 314 g/mol. The van der Waals surface area contributed by atoms with Gasteiger partial charge in [-0.3, -0.25) is 9.59 Å². The van der Waals surface area contributed by atoms with Gasteiger partial charge in [-0.05, 0) is 25.0 Å². The highest BCUT2D eigenvalue weighted by Crippen LogP contribution is 2.29. The maximum Gasteiger partial charge on any atom is 0.242 e. The number of fused-ring (bicyclic) bond motifs is 1. The number of rotatable bonds is 4. The number of carbonyl (C=O) groups excluding carboxylic acids is 1. The maximum atomic E-state index is 12.5. The molecule has 0 atom stereocenters. The Balaban J connectivity index is 1.78. The fourth-order valence-electron chi connectivity index (χ4n) is 3.39. The Morgan fingerprint density at radius 2 is 1.96 bits per heavy atom. The van der Waals surface area contributed by atoms with Gasteiger partial charge in [0.15, 0.2) is 5.43 Å². The van der Waals surface area contributed by atoms with Gasteiger partial charge in [-0.15, -0.1) is 0 Å². The molecule has 5 nitrogen and oxygen atoms in total. The van der Waals surface area contributed by atoms with Crippen molar-refractivity contribution in [1.29, 1.82) is 0 Å². The van der Waals surface area contributed by atoms with E-state index >= 15 is 0 Å². The van der Waals surface area contributed by atoms with Crippen molar-refractivity contribution >= 4 is 16.8 Å². The number of likely N-dealkylation sites (N-methyl/N-ethyl adjacent to an activating group) is 1. The Bertz CT molecular complexity index is 775. The molecule has 1 aliphatic rings. The quantitative estimate of drug-likeness (QED) is 0.935. The van der Waals surface area contributed by atoms with E-state index in [2.05, 4.69) is 0 Å². The maximum absolute atomic E-state index is 12.5. The van der Waals surface area contributed by atoms with Crippen molar-refractivity contribution in [2.24, 2.45) is 0 Å². The molecule has 0 aliphatic heterocycles. The number of hydrogen-bond acceptors (Lipinski definition) is 3. The van der Waals surface area contributed by atoms with Crippen LogP contribution in [0.5, 0.6) is 0 Å². The van der Waals surface area contributed by atoms with Crippen LogP contribution in [0.2, 0.25) is 0 Å². The van der Waals surface area contributed by atoms with Crippen molar-refractivity contribution in [1.82, 2.24) is 9.47 Å². The predicted molar refractivity (Wildman–Crippen MR) is 89.3 cm³/mol. The Labute approximate surface area is 135 Å². The van der Waals surface area contributed by atoms with Crippen LogP contribution < -0.4 is 5.43 Å². The Hall–Kier alpha value is -2.14. The lowest BCUT2D eigenvalue weighted by Gasteiger charge is -2.29. The molecule has 0 radical (unpaired) electrons. The van der Waals surface area contributed by atoms with Crippen molar-refractivity contribution in [3.05, 3.63) is 46.8 Å². The van der Waals surface area contributed by atoms with Gasteiger partial charge in [0, 0.05) is 31.2 Å². The standard InChI is InChI=1S/C18H22N2O3/c1-19(13-18(23)9-4-5-10-18)17(22)12-20-11-8-16(21)14-6-2-3-7-15(14)20/h2-3,6-8,11,23H,4-5,9-10,12-13H2,1H3. The molecule has 3 rings (SSSR count). The van der Waals surface area contributed by atoms with Gasteiger partial charge in [-0.25, -0.2) is 0 Å². The average Bonchev–Trinajstić information content (AvgIpc) is 2.96. The molecule has 1 aromatic heterocycles. The first-order chi connectivity index (χ1) is 11.0. The Morgan fingerprint density at radius 3 is 2.70 bits per heavy atom. The number of para-hydroxylation sites is 1. The number of nitrogens with zero attached hydrogens (tertiary/aromatic N) is 2. The summed E-state index contributed by atoms with van der Waals surface area (Å²) in [6.07, 6.45) is 5.20. The zero-order valence-corrected chi connectivity index (χ0v) is 13.4. The molecule has 23 heavy (non-hydrogen) atoms. The lowest BCUT2D eigenvalue weighted by atomic mass is 10.0. The largest absolute Gasteiger partial charge is 0.388 e. The van der Waals surface area contributed by atoms with Crippen LogP contribution in [0.4, 0.5) is 0 Å². The summed E-state index contributed by atoms with van der Waals surface area (Å²) in [6, 6.07) is 8.77. The van der Waals surface area contributed by atoms with E-state index in [1.54, 1.807) is 28.8 Å². The van der Waals surface area contributed by atoms with E-state index in [0.29, 0.717) is 11.9 Å². The fraction of sp³-hybridized carbons (Fsp3) is 0.444. The molecule has 0 bridgehead atoms. The molecule has 1 fully saturated rings. The van der Waals surface area contributed by atoms with Crippen LogP contribution in [-0.2, 0) is 11.3 Å². The Morgan fingerprint density at radius 1 is 1.26 bits per heavy atom. The zero-order chi connectivity index (χ0) is 16.4. The normalized spacial score (nSPS) is 16.6. The molecule has 1 N–H and O–H groups in total. The number of hydrogen-bond donors (Lipinski definition) is 1. The number of carbonyl (C=O) groups is 1. The molecule has 1 saturated carbocycles. The number of pyridine rings is 1. The minimum atomic E-state index is -0.740. The summed E-state index contributed by atoms with van der Waals surface area (Å²) in [6.45, 7) is 0.525. The van der Waals surface area contributed by atoms with Crippen molar-refractivity contribution in [3.8, 4) is 0 Å². The molecule has 0 spiro atoms. The molecular weight excluding hydrogens is 292 g/mol. The first kappa shape index (κ1) is 15.7. The van der Waals surface area contributed by atoms with E-state index in [0.717, 1.165) is 31.2 Å². The minimum absolute atomic E-state index is 0.0436. The van der Waals surface area contributed by atoms with Gasteiger partial charge >= 0.3 is 0 Å². The van der Waals surface area contributed by atoms with Gasteiger partial charge in [0.2, 0.25) is 5.91 Å². The summed E-state index contributed by atoms with van der Waals surface area (Å²) >= 11 is 0. The third-order valence-corrected chi connectivity index (χ3v) is 4.68. The van der Waals surface area contributed by atoms with Gasteiger partial charge in [0.05, 0.1) is 11.1 Å². The van der Waals surface area contributed by atoms with E-state index in [-0.39, 0.29) is 17.9 Å². The molecule has 0 saturated heterocycles. The van der Waals surface area contributed by atoms with Gasteiger partial charge in [-0.1, -0.05) is 25.0 Å². The second-order valence-electron chi connectivity index (χ2n) is 6.51. The van der Waals surface area contributed by atoms with E-state index in [1.807, 2.05) is 18.2 Å². The van der Waals surface area contributed by atoms with E-state index in [1.165, 1.54) is 6.07 Å². The smallest absolute Gasteiger partial charge is 0.242 e. The number of aliphatic hydroxyl groups is 1. The summed E-state index contributed by atoms with van der Waals surface area (Å²) < 4.78 is 1.79. The second kappa shape index (κ2) is 6.16. The summed E-state index contributed by atoms with van der Waals surface area (Å²) in [5.41, 5.74) is -0.0324. The van der Waals surface area contributed by atoms with Gasteiger partial charge in [0.1, 0.15) is 6.54 Å². The van der Waals surface area contributed by atoms with E-state index < -0.39 is 5.60 Å². The van der Waals surface area contributed by atoms with Crippen molar-refractivity contribution in [2.45, 2.75) is 37.8 Å². The predicted octanol–water partition coefficient (Wildman–Crippen LogP) is 1.76. The van der Waals surface area contributed by atoms with Crippen LogP contribution in [0.15, 0.2) is 41.3 Å². The van der Waals surface area contributed by atoms with Crippen LogP contribution in [0, 0.1) is 0 Å². The monoisotopic (exact) mass is 314 g/mol. The third-order valence-electron chi connectivity index (χ3n) is 4.68. The zero-order valence-electron chi connectivity index (χ0n) is 13.4. The molecule has 0 unspecified atom stereocenters. The molecule has 1 heterocycles. The van der Waals surface area contributed by atoms with Gasteiger partial charge in [0.25, 0.3) is 0 Å². The van der Waals surface area contributed by atoms with Crippen LogP contribution in [0.3, 0.4) is 0 Å². The summed E-state index contributed by atoms with van der Waals surface area (Å²) in [4.78, 5) is 26.0. The highest BCUT2D eigenvalue weighted by molar-refractivity contribution is 5.82. The minimum Gasteiger partial charge on any atom is -0.388 e. The number of benzene rings is 1. The second-order valence-corrected chi connectivity index (χ2v) is 6.51. The van der Waals surface area contributed by atoms with Crippen LogP contribution in [-0.4, -0.2) is 39.7 Å². The van der Waals surface area contributed by atoms with Crippen LogP contribution in [0.1, 0.15) is 25.7 Å². The highest BCUT2D eigenvalue weighted by Gasteiger charge is 2.33. The fourth-order valence-corrected chi connectivity index (χ4v) is 3.39. The molecule has 1 aliphatic carbocycles. The molecule has 122 valence electrons. The SMILES string of the molecule is CN(CC1(O)CCCC1)C(=O)Cn1ccc(=O)c2ccccc21. The summed E-state index contributed by atoms with van der Waals surface area (Å²) in [7, 11) is 1.73. The first-order valence-electron chi connectivity index (χ1n) is 8.03. The summed E-state index contributed by atoms with van der Waals surface area (Å²) in [5, 5.41) is 11.1. The molecule has 2 aromatic rings. The molecular formula is C18H22N2O3. The van der Waals surface area contributed by atoms with E-state index in [4.69, 9.17) is 0 Å². The van der Waals surface area contributed by atoms with Crippen molar-refractivity contribution < 1.29 is 9.90 Å². The topological polar surface area (TPSA) is 62.5 Å². The van der Waals surface area contributed by atoms with Crippen LogP contribution >= 0.6 is 0 Å². The summed E-state index contributed by atoms with van der Waals surface area (Å²) in [5.74, 6) is -0.0703. The molecule has 1 amide bonds. The van der Waals surface area contributed by atoms with Gasteiger partial charge < -0.3 is 14.6 Å². The number of aromatic nitrogens is 1. The highest BCUT2D eigenvalue weighted by atomic mass is 16.3. The van der Waals surface area contributed by atoms with Gasteiger partial charge in [-0.2, -0.15) is 0 Å². The van der Waals surface area contributed by atoms with E-state index in [9.17, 15) is 14.7 Å².